The molecule has 1 saturated heterocycles. The average molecular weight is 509 g/mol. The van der Waals surface area contributed by atoms with Crippen molar-refractivity contribution in [3.8, 4) is 0 Å². The lowest BCUT2D eigenvalue weighted by Crippen LogP contribution is -2.38. The van der Waals surface area contributed by atoms with E-state index >= 15 is 0 Å². The Morgan fingerprint density at radius 3 is 2.36 bits per heavy atom. The standard InChI is InChI=1S/C27H28N2O6S/c1-16-23(15-36-25-22(26(32)33)4-3-13-28-25)34-27(20-9-11-21(12-10-20)29-17(2)31)35-24(16)19-7-5-18(14-30)6-8-19/h3-13,16,23-24,27,30H,14-15H2,1-2H3,(H,29,31)(H,32,33). The minimum absolute atomic E-state index is 0.0387. The largest absolute Gasteiger partial charge is 0.478 e. The molecular formula is C27H28N2O6S. The molecule has 1 aliphatic rings. The Hall–Kier alpha value is -3.24. The van der Waals surface area contributed by atoms with E-state index in [1.54, 1.807) is 24.4 Å². The summed E-state index contributed by atoms with van der Waals surface area (Å²) in [5.41, 5.74) is 3.40. The zero-order chi connectivity index (χ0) is 25.7. The number of thioether (sulfide) groups is 1. The maximum absolute atomic E-state index is 11.6. The fourth-order valence-corrected chi connectivity index (χ4v) is 5.22. The van der Waals surface area contributed by atoms with Gasteiger partial charge in [-0.05, 0) is 35.4 Å². The van der Waals surface area contributed by atoms with Crippen LogP contribution in [0.4, 0.5) is 5.69 Å². The molecule has 4 rings (SSSR count). The van der Waals surface area contributed by atoms with Gasteiger partial charge in [0.1, 0.15) is 5.03 Å². The molecule has 8 nitrogen and oxygen atoms in total. The van der Waals surface area contributed by atoms with Crippen LogP contribution in [0.3, 0.4) is 0 Å². The first kappa shape index (κ1) is 25.8. The second-order valence-electron chi connectivity index (χ2n) is 8.60. The third-order valence-corrected chi connectivity index (χ3v) is 7.11. The number of carbonyl (C=O) groups is 2. The fourth-order valence-electron chi connectivity index (χ4n) is 4.07. The van der Waals surface area contributed by atoms with Gasteiger partial charge in [-0.1, -0.05) is 43.3 Å². The molecule has 2 aromatic carbocycles. The molecular weight excluding hydrogens is 480 g/mol. The summed E-state index contributed by atoms with van der Waals surface area (Å²) in [6.45, 7) is 3.46. The Bertz CT molecular complexity index is 1200. The van der Waals surface area contributed by atoms with E-state index in [1.807, 2.05) is 43.3 Å². The van der Waals surface area contributed by atoms with E-state index in [0.29, 0.717) is 16.5 Å². The zero-order valence-electron chi connectivity index (χ0n) is 20.0. The van der Waals surface area contributed by atoms with Crippen LogP contribution in [0.2, 0.25) is 0 Å². The number of carboxylic acid groups (broad SMARTS) is 1. The number of nitrogens with zero attached hydrogens (tertiary/aromatic N) is 1. The summed E-state index contributed by atoms with van der Waals surface area (Å²) in [6.07, 6.45) is 0.353. The highest BCUT2D eigenvalue weighted by atomic mass is 32.2. The Kier molecular flexibility index (Phi) is 8.37. The van der Waals surface area contributed by atoms with Crippen LogP contribution in [0.15, 0.2) is 71.9 Å². The second kappa shape index (κ2) is 11.7. The van der Waals surface area contributed by atoms with E-state index in [-0.39, 0.29) is 36.2 Å². The highest BCUT2D eigenvalue weighted by molar-refractivity contribution is 7.99. The molecule has 4 unspecified atom stereocenters. The number of hydrogen-bond acceptors (Lipinski definition) is 7. The maximum atomic E-state index is 11.6. The summed E-state index contributed by atoms with van der Waals surface area (Å²) in [5, 5.41) is 22.1. The fraction of sp³-hybridized carbons (Fsp3) is 0.296. The first-order valence-electron chi connectivity index (χ1n) is 11.5. The monoisotopic (exact) mass is 508 g/mol. The Balaban J connectivity index is 1.59. The van der Waals surface area contributed by atoms with Crippen LogP contribution in [-0.4, -0.2) is 38.9 Å². The number of amides is 1. The second-order valence-corrected chi connectivity index (χ2v) is 9.61. The number of aliphatic hydroxyl groups is 1. The summed E-state index contributed by atoms with van der Waals surface area (Å²) in [6, 6.07) is 18.1. The van der Waals surface area contributed by atoms with E-state index in [2.05, 4.69) is 10.3 Å². The molecule has 36 heavy (non-hydrogen) atoms. The third kappa shape index (κ3) is 6.11. The molecule has 4 atom stereocenters. The first-order chi connectivity index (χ1) is 17.4. The molecule has 2 heterocycles. The predicted molar refractivity (Wildman–Crippen MR) is 136 cm³/mol. The lowest BCUT2D eigenvalue weighted by atomic mass is 9.91. The van der Waals surface area contributed by atoms with Crippen molar-refractivity contribution in [1.82, 2.24) is 4.98 Å². The average Bonchev–Trinajstić information content (AvgIpc) is 2.88. The van der Waals surface area contributed by atoms with Crippen molar-refractivity contribution in [1.29, 1.82) is 0 Å². The Morgan fingerprint density at radius 1 is 1.03 bits per heavy atom. The third-order valence-electron chi connectivity index (χ3n) is 6.01. The van der Waals surface area contributed by atoms with Crippen LogP contribution in [0.25, 0.3) is 0 Å². The van der Waals surface area contributed by atoms with Crippen LogP contribution in [0.5, 0.6) is 0 Å². The number of ether oxygens (including phenoxy) is 2. The number of nitrogens with one attached hydrogen (secondary N) is 1. The van der Waals surface area contributed by atoms with E-state index in [4.69, 9.17) is 9.47 Å². The summed E-state index contributed by atoms with van der Waals surface area (Å²) < 4.78 is 12.8. The van der Waals surface area contributed by atoms with Gasteiger partial charge in [0, 0.05) is 36.0 Å². The normalized spacial score (nSPS) is 21.6. The molecule has 9 heteroatoms. The van der Waals surface area contributed by atoms with Crippen LogP contribution >= 0.6 is 11.8 Å². The summed E-state index contributed by atoms with van der Waals surface area (Å²) in [4.78, 5) is 27.2. The molecule has 0 bridgehead atoms. The van der Waals surface area contributed by atoms with E-state index in [1.165, 1.54) is 24.8 Å². The van der Waals surface area contributed by atoms with Gasteiger partial charge in [0.15, 0.2) is 6.29 Å². The number of pyridine rings is 1. The molecule has 3 aromatic rings. The summed E-state index contributed by atoms with van der Waals surface area (Å²) >= 11 is 1.34. The van der Waals surface area contributed by atoms with Crippen molar-refractivity contribution >= 4 is 29.3 Å². The number of carboxylic acids is 1. The molecule has 0 saturated carbocycles. The van der Waals surface area contributed by atoms with Crippen molar-refractivity contribution in [3.05, 3.63) is 89.1 Å². The molecule has 188 valence electrons. The predicted octanol–water partition coefficient (Wildman–Crippen LogP) is 4.81. The van der Waals surface area contributed by atoms with Gasteiger partial charge in [-0.2, -0.15) is 0 Å². The van der Waals surface area contributed by atoms with Gasteiger partial charge in [-0.3, -0.25) is 4.79 Å². The molecule has 3 N–H and O–H groups in total. The van der Waals surface area contributed by atoms with E-state index < -0.39 is 12.3 Å². The first-order valence-corrected chi connectivity index (χ1v) is 12.5. The minimum atomic E-state index is -1.02. The van der Waals surface area contributed by atoms with Crippen molar-refractivity contribution in [3.63, 3.8) is 0 Å². The smallest absolute Gasteiger partial charge is 0.338 e. The lowest BCUT2D eigenvalue weighted by molar-refractivity contribution is -0.268. The Morgan fingerprint density at radius 2 is 1.72 bits per heavy atom. The molecule has 0 radical (unpaired) electrons. The molecule has 0 aliphatic carbocycles. The number of anilines is 1. The van der Waals surface area contributed by atoms with Crippen LogP contribution in [0.1, 0.15) is 53.3 Å². The molecule has 1 aliphatic heterocycles. The molecule has 1 fully saturated rings. The molecule has 1 amide bonds. The van der Waals surface area contributed by atoms with Crippen molar-refractivity contribution < 1.29 is 29.3 Å². The van der Waals surface area contributed by atoms with E-state index in [0.717, 1.165) is 16.7 Å². The van der Waals surface area contributed by atoms with Gasteiger partial charge in [-0.25, -0.2) is 9.78 Å². The zero-order valence-corrected chi connectivity index (χ0v) is 20.8. The van der Waals surface area contributed by atoms with Gasteiger partial charge < -0.3 is 25.0 Å². The maximum Gasteiger partial charge on any atom is 0.338 e. The van der Waals surface area contributed by atoms with Crippen LogP contribution < -0.4 is 5.32 Å². The van der Waals surface area contributed by atoms with Crippen molar-refractivity contribution in [2.24, 2.45) is 5.92 Å². The highest BCUT2D eigenvalue weighted by Crippen LogP contribution is 2.43. The number of rotatable bonds is 8. The summed E-state index contributed by atoms with van der Waals surface area (Å²) in [5.74, 6) is -0.747. The topological polar surface area (TPSA) is 118 Å². The number of aliphatic hydroxyl groups excluding tert-OH is 1. The number of hydrogen-bond donors (Lipinski definition) is 3. The van der Waals surface area contributed by atoms with Gasteiger partial charge in [-0.15, -0.1) is 11.8 Å². The molecule has 0 spiro atoms. The SMILES string of the molecule is CC(=O)Nc1ccc(C2OC(CSc3ncccc3C(=O)O)C(C)C(c3ccc(CO)cc3)O2)cc1. The number of benzene rings is 2. The van der Waals surface area contributed by atoms with Gasteiger partial charge in [0.05, 0.1) is 24.4 Å². The number of carbonyl (C=O) groups excluding carboxylic acids is 1. The van der Waals surface area contributed by atoms with Crippen LogP contribution in [-0.2, 0) is 20.9 Å². The highest BCUT2D eigenvalue weighted by Gasteiger charge is 2.38. The van der Waals surface area contributed by atoms with Crippen molar-refractivity contribution in [2.75, 3.05) is 11.1 Å². The van der Waals surface area contributed by atoms with Crippen LogP contribution in [0, 0.1) is 5.92 Å². The lowest BCUT2D eigenvalue weighted by Gasteiger charge is -2.41. The number of aromatic nitrogens is 1. The minimum Gasteiger partial charge on any atom is -0.478 e. The van der Waals surface area contributed by atoms with Gasteiger partial charge in [0.2, 0.25) is 5.91 Å². The van der Waals surface area contributed by atoms with Gasteiger partial charge >= 0.3 is 5.97 Å². The molecule has 1 aromatic heterocycles. The van der Waals surface area contributed by atoms with Crippen molar-refractivity contribution in [2.45, 2.75) is 44.0 Å². The van der Waals surface area contributed by atoms with E-state index in [9.17, 15) is 19.8 Å². The number of aromatic carboxylic acids is 1. The van der Waals surface area contributed by atoms with Gasteiger partial charge in [0.25, 0.3) is 0 Å². The quantitative estimate of drug-likeness (QED) is 0.371. The summed E-state index contributed by atoms with van der Waals surface area (Å²) in [7, 11) is 0. The Labute approximate surface area is 213 Å².